The number of anilines is 1. The number of piperidine rings is 1. The number of likely N-dealkylation sites (tertiary alicyclic amines) is 1. The fourth-order valence-corrected chi connectivity index (χ4v) is 3.64. The van der Waals surface area contributed by atoms with Gasteiger partial charge in [-0.1, -0.05) is 35.9 Å². The van der Waals surface area contributed by atoms with Crippen LogP contribution in [0.4, 0.5) is 5.69 Å². The molecule has 4 rings (SSSR count). The van der Waals surface area contributed by atoms with Crippen molar-refractivity contribution < 1.29 is 9.59 Å². The van der Waals surface area contributed by atoms with E-state index in [1.165, 1.54) is 11.3 Å². The molecule has 0 bridgehead atoms. The molecule has 2 aliphatic heterocycles. The van der Waals surface area contributed by atoms with Crippen LogP contribution in [0.2, 0.25) is 0 Å². The predicted molar refractivity (Wildman–Crippen MR) is 103 cm³/mol. The van der Waals surface area contributed by atoms with Gasteiger partial charge in [0.15, 0.2) is 0 Å². The zero-order valence-electron chi connectivity index (χ0n) is 14.9. The standard InChI is InChI=1S/C22H22N2O2/c1-16-9-11-17(12-10-16)24-21(25)19-8-4-3-7-18(19)20(22(24)26)15-23-13-5-2-6-14-23/h3-4,7-12,15H,2,5-6,13-14H2,1H3/b20-15-. The van der Waals surface area contributed by atoms with Crippen molar-refractivity contribution in [3.8, 4) is 0 Å². The van der Waals surface area contributed by atoms with Crippen LogP contribution in [0.5, 0.6) is 0 Å². The average Bonchev–Trinajstić information content (AvgIpc) is 2.67. The van der Waals surface area contributed by atoms with Crippen LogP contribution in [-0.4, -0.2) is 29.8 Å². The van der Waals surface area contributed by atoms with Crippen LogP contribution in [-0.2, 0) is 4.79 Å². The van der Waals surface area contributed by atoms with E-state index in [2.05, 4.69) is 4.90 Å². The van der Waals surface area contributed by atoms with Gasteiger partial charge in [-0.2, -0.15) is 0 Å². The number of hydrogen-bond donors (Lipinski definition) is 0. The van der Waals surface area contributed by atoms with Crippen molar-refractivity contribution in [2.24, 2.45) is 0 Å². The van der Waals surface area contributed by atoms with E-state index in [4.69, 9.17) is 0 Å². The minimum atomic E-state index is -0.259. The highest BCUT2D eigenvalue weighted by Gasteiger charge is 2.36. The molecular weight excluding hydrogens is 324 g/mol. The number of imide groups is 1. The molecule has 1 fully saturated rings. The van der Waals surface area contributed by atoms with Gasteiger partial charge in [0.2, 0.25) is 0 Å². The number of aryl methyl sites for hydroxylation is 1. The first-order valence-corrected chi connectivity index (χ1v) is 9.16. The third kappa shape index (κ3) is 2.92. The van der Waals surface area contributed by atoms with Gasteiger partial charge in [0.25, 0.3) is 11.8 Å². The third-order valence-corrected chi connectivity index (χ3v) is 5.08. The highest BCUT2D eigenvalue weighted by molar-refractivity contribution is 6.41. The maximum atomic E-state index is 13.3. The van der Waals surface area contributed by atoms with Crippen molar-refractivity contribution in [1.29, 1.82) is 0 Å². The molecule has 0 aromatic heterocycles. The zero-order chi connectivity index (χ0) is 18.1. The SMILES string of the molecule is Cc1ccc(N2C(=O)/C(=C\N3CCCCC3)c3ccccc3C2=O)cc1. The molecule has 4 nitrogen and oxygen atoms in total. The van der Waals surface area contributed by atoms with Gasteiger partial charge in [-0.05, 0) is 44.4 Å². The number of nitrogens with zero attached hydrogens (tertiary/aromatic N) is 2. The summed E-state index contributed by atoms with van der Waals surface area (Å²) in [5, 5.41) is 0. The summed E-state index contributed by atoms with van der Waals surface area (Å²) in [5.41, 5.74) is 3.62. The molecule has 2 aliphatic rings. The Balaban J connectivity index is 1.81. The van der Waals surface area contributed by atoms with Gasteiger partial charge in [0, 0.05) is 30.4 Å². The van der Waals surface area contributed by atoms with Gasteiger partial charge in [-0.3, -0.25) is 9.59 Å². The molecule has 2 aromatic rings. The number of fused-ring (bicyclic) bond motifs is 1. The number of carbonyl (C=O) groups excluding carboxylic acids is 2. The molecule has 0 unspecified atom stereocenters. The first-order chi connectivity index (χ1) is 12.6. The molecule has 132 valence electrons. The molecule has 0 atom stereocenters. The van der Waals surface area contributed by atoms with E-state index in [1.54, 1.807) is 6.07 Å². The van der Waals surface area contributed by atoms with E-state index < -0.39 is 0 Å². The number of carbonyl (C=O) groups is 2. The fourth-order valence-electron chi connectivity index (χ4n) is 3.64. The lowest BCUT2D eigenvalue weighted by atomic mass is 9.93. The molecular formula is C22H22N2O2. The van der Waals surface area contributed by atoms with Gasteiger partial charge in [-0.15, -0.1) is 0 Å². The van der Waals surface area contributed by atoms with E-state index in [-0.39, 0.29) is 11.8 Å². The van der Waals surface area contributed by atoms with Crippen molar-refractivity contribution in [2.75, 3.05) is 18.0 Å². The number of amides is 2. The molecule has 2 heterocycles. The Hall–Kier alpha value is -2.88. The lowest BCUT2D eigenvalue weighted by Crippen LogP contribution is -2.42. The number of rotatable bonds is 2. The number of hydrogen-bond acceptors (Lipinski definition) is 3. The molecule has 0 N–H and O–H groups in total. The van der Waals surface area contributed by atoms with E-state index >= 15 is 0 Å². The Morgan fingerprint density at radius 1 is 0.808 bits per heavy atom. The Kier molecular flexibility index (Phi) is 4.33. The Labute approximate surface area is 153 Å². The van der Waals surface area contributed by atoms with Gasteiger partial charge in [0.05, 0.1) is 11.3 Å². The Bertz CT molecular complexity index is 877. The second kappa shape index (κ2) is 6.79. The normalized spacial score (nSPS) is 19.0. The first-order valence-electron chi connectivity index (χ1n) is 9.16. The molecule has 26 heavy (non-hydrogen) atoms. The van der Waals surface area contributed by atoms with Crippen molar-refractivity contribution in [1.82, 2.24) is 4.90 Å². The topological polar surface area (TPSA) is 40.6 Å². The van der Waals surface area contributed by atoms with Gasteiger partial charge in [0.1, 0.15) is 0 Å². The van der Waals surface area contributed by atoms with E-state index in [0.717, 1.165) is 37.1 Å². The van der Waals surface area contributed by atoms with Crippen LogP contribution < -0.4 is 4.90 Å². The van der Waals surface area contributed by atoms with Crippen LogP contribution >= 0.6 is 0 Å². The van der Waals surface area contributed by atoms with Gasteiger partial charge < -0.3 is 4.90 Å². The summed E-state index contributed by atoms with van der Waals surface area (Å²) in [6.45, 7) is 3.90. The van der Waals surface area contributed by atoms with Crippen molar-refractivity contribution >= 4 is 23.1 Å². The summed E-state index contributed by atoms with van der Waals surface area (Å²) in [7, 11) is 0. The zero-order valence-corrected chi connectivity index (χ0v) is 14.9. The van der Waals surface area contributed by atoms with E-state index in [9.17, 15) is 9.59 Å². The Morgan fingerprint density at radius 2 is 1.46 bits per heavy atom. The van der Waals surface area contributed by atoms with Gasteiger partial charge in [-0.25, -0.2) is 4.90 Å². The lowest BCUT2D eigenvalue weighted by molar-refractivity contribution is -0.112. The molecule has 1 saturated heterocycles. The summed E-state index contributed by atoms with van der Waals surface area (Å²) >= 11 is 0. The number of benzene rings is 2. The summed E-state index contributed by atoms with van der Waals surface area (Å²) in [5.74, 6) is -0.506. The minimum Gasteiger partial charge on any atom is -0.377 e. The predicted octanol–water partition coefficient (Wildman–Crippen LogP) is 4.01. The Morgan fingerprint density at radius 3 is 2.15 bits per heavy atom. The summed E-state index contributed by atoms with van der Waals surface area (Å²) in [4.78, 5) is 29.8. The second-order valence-corrected chi connectivity index (χ2v) is 6.97. The first kappa shape index (κ1) is 16.6. The monoisotopic (exact) mass is 346 g/mol. The maximum absolute atomic E-state index is 13.3. The second-order valence-electron chi connectivity index (χ2n) is 6.97. The van der Waals surface area contributed by atoms with Gasteiger partial charge >= 0.3 is 0 Å². The lowest BCUT2D eigenvalue weighted by Gasteiger charge is -2.31. The minimum absolute atomic E-state index is 0.247. The van der Waals surface area contributed by atoms with Crippen molar-refractivity contribution in [3.63, 3.8) is 0 Å². The summed E-state index contributed by atoms with van der Waals surface area (Å²) < 4.78 is 0. The smallest absolute Gasteiger partial charge is 0.267 e. The van der Waals surface area contributed by atoms with Crippen molar-refractivity contribution in [2.45, 2.75) is 26.2 Å². The summed E-state index contributed by atoms with van der Waals surface area (Å²) in [6.07, 6.45) is 5.46. The van der Waals surface area contributed by atoms with Crippen LogP contribution in [0.1, 0.15) is 40.7 Å². The maximum Gasteiger partial charge on any atom is 0.267 e. The molecule has 4 heteroatoms. The van der Waals surface area contributed by atoms with E-state index in [1.807, 2.05) is 55.6 Å². The van der Waals surface area contributed by atoms with Crippen LogP contribution in [0.15, 0.2) is 54.7 Å². The molecule has 0 aliphatic carbocycles. The van der Waals surface area contributed by atoms with E-state index in [0.29, 0.717) is 16.8 Å². The molecule has 0 spiro atoms. The van der Waals surface area contributed by atoms with Crippen LogP contribution in [0, 0.1) is 6.92 Å². The highest BCUT2D eigenvalue weighted by Crippen LogP contribution is 2.32. The molecule has 0 radical (unpaired) electrons. The molecule has 2 aromatic carbocycles. The average molecular weight is 346 g/mol. The largest absolute Gasteiger partial charge is 0.377 e. The fraction of sp³-hybridized carbons (Fsp3) is 0.273. The summed E-state index contributed by atoms with van der Waals surface area (Å²) in [6, 6.07) is 14.9. The van der Waals surface area contributed by atoms with Crippen LogP contribution in [0.3, 0.4) is 0 Å². The van der Waals surface area contributed by atoms with Crippen LogP contribution in [0.25, 0.3) is 5.57 Å². The molecule has 2 amide bonds. The molecule has 0 saturated carbocycles. The quantitative estimate of drug-likeness (QED) is 0.609. The highest BCUT2D eigenvalue weighted by atomic mass is 16.2. The third-order valence-electron chi connectivity index (χ3n) is 5.08. The van der Waals surface area contributed by atoms with Crippen molar-refractivity contribution in [3.05, 3.63) is 71.4 Å².